The van der Waals surface area contributed by atoms with Gasteiger partial charge in [-0.05, 0) is 12.1 Å². The van der Waals surface area contributed by atoms with Crippen LogP contribution in [0.4, 0.5) is 5.82 Å². The molecular formula is C10H11N3O. The third-order valence-corrected chi connectivity index (χ3v) is 2.38. The van der Waals surface area contributed by atoms with Crippen molar-refractivity contribution < 1.29 is 4.74 Å². The van der Waals surface area contributed by atoms with E-state index in [1.807, 2.05) is 0 Å². The first-order valence-electron chi connectivity index (χ1n) is 4.47. The van der Waals surface area contributed by atoms with Crippen LogP contribution in [-0.4, -0.2) is 31.3 Å². The molecule has 1 aromatic rings. The van der Waals surface area contributed by atoms with Crippen LogP contribution in [0.3, 0.4) is 0 Å². The minimum atomic E-state index is 0.308. The Morgan fingerprint density at radius 2 is 2.43 bits per heavy atom. The molecule has 0 N–H and O–H groups in total. The summed E-state index contributed by atoms with van der Waals surface area (Å²) in [5.74, 6) is 0.859. The van der Waals surface area contributed by atoms with Crippen LogP contribution >= 0.6 is 0 Å². The van der Waals surface area contributed by atoms with E-state index in [4.69, 9.17) is 10.00 Å². The lowest BCUT2D eigenvalue weighted by molar-refractivity contribution is 0.0783. The number of methoxy groups -OCH3 is 1. The van der Waals surface area contributed by atoms with Crippen molar-refractivity contribution in [1.29, 1.82) is 5.26 Å². The van der Waals surface area contributed by atoms with E-state index in [1.165, 1.54) is 0 Å². The summed E-state index contributed by atoms with van der Waals surface area (Å²) in [6.07, 6.45) is 1.97. The van der Waals surface area contributed by atoms with Crippen molar-refractivity contribution in [1.82, 2.24) is 4.98 Å². The van der Waals surface area contributed by atoms with Crippen LogP contribution in [0.15, 0.2) is 18.3 Å². The molecule has 0 radical (unpaired) electrons. The molecule has 1 aliphatic rings. The molecule has 2 rings (SSSR count). The van der Waals surface area contributed by atoms with Crippen molar-refractivity contribution in [3.63, 3.8) is 0 Å². The molecule has 0 saturated carbocycles. The summed E-state index contributed by atoms with van der Waals surface area (Å²) in [5, 5.41) is 8.71. The van der Waals surface area contributed by atoms with Crippen LogP contribution in [-0.2, 0) is 4.74 Å². The van der Waals surface area contributed by atoms with Crippen LogP contribution in [0.2, 0.25) is 0 Å². The van der Waals surface area contributed by atoms with Crippen LogP contribution in [0, 0.1) is 11.3 Å². The maximum absolute atomic E-state index is 8.71. The van der Waals surface area contributed by atoms with E-state index in [9.17, 15) is 0 Å². The SMILES string of the molecule is COC1CN(c2cc(C#N)ccn2)C1. The van der Waals surface area contributed by atoms with E-state index in [1.54, 1.807) is 25.4 Å². The second kappa shape index (κ2) is 3.64. The van der Waals surface area contributed by atoms with E-state index < -0.39 is 0 Å². The van der Waals surface area contributed by atoms with Gasteiger partial charge in [0.15, 0.2) is 0 Å². The number of nitrogens with zero attached hydrogens (tertiary/aromatic N) is 3. The summed E-state index contributed by atoms with van der Waals surface area (Å²) in [7, 11) is 1.71. The Labute approximate surface area is 82.7 Å². The van der Waals surface area contributed by atoms with Gasteiger partial charge in [0.25, 0.3) is 0 Å². The molecule has 0 unspecified atom stereocenters. The molecule has 0 spiro atoms. The minimum Gasteiger partial charge on any atom is -0.378 e. The van der Waals surface area contributed by atoms with Crippen molar-refractivity contribution in [2.24, 2.45) is 0 Å². The third-order valence-electron chi connectivity index (χ3n) is 2.38. The van der Waals surface area contributed by atoms with Gasteiger partial charge in [0.05, 0.1) is 17.7 Å². The van der Waals surface area contributed by atoms with Gasteiger partial charge in [0.2, 0.25) is 0 Å². The van der Waals surface area contributed by atoms with Crippen molar-refractivity contribution in [2.45, 2.75) is 6.10 Å². The summed E-state index contributed by atoms with van der Waals surface area (Å²) in [5.41, 5.74) is 0.649. The average molecular weight is 189 g/mol. The molecule has 0 aromatic carbocycles. The number of hydrogen-bond acceptors (Lipinski definition) is 4. The van der Waals surface area contributed by atoms with Crippen molar-refractivity contribution in [2.75, 3.05) is 25.1 Å². The van der Waals surface area contributed by atoms with E-state index in [0.717, 1.165) is 18.9 Å². The predicted molar refractivity (Wildman–Crippen MR) is 52.0 cm³/mol. The molecule has 1 fully saturated rings. The van der Waals surface area contributed by atoms with Gasteiger partial charge in [0, 0.05) is 26.4 Å². The number of nitriles is 1. The standard InChI is InChI=1S/C10H11N3O/c1-14-9-6-13(7-9)10-4-8(5-11)2-3-12-10/h2-4,9H,6-7H2,1H3. The van der Waals surface area contributed by atoms with Gasteiger partial charge in [-0.15, -0.1) is 0 Å². The van der Waals surface area contributed by atoms with Crippen molar-refractivity contribution in [3.05, 3.63) is 23.9 Å². The first-order chi connectivity index (χ1) is 6.83. The van der Waals surface area contributed by atoms with Gasteiger partial charge < -0.3 is 9.64 Å². The van der Waals surface area contributed by atoms with Gasteiger partial charge in [-0.1, -0.05) is 0 Å². The highest BCUT2D eigenvalue weighted by atomic mass is 16.5. The second-order valence-electron chi connectivity index (χ2n) is 3.28. The summed E-state index contributed by atoms with van der Waals surface area (Å²) >= 11 is 0. The number of hydrogen-bond donors (Lipinski definition) is 0. The molecular weight excluding hydrogens is 178 g/mol. The lowest BCUT2D eigenvalue weighted by Crippen LogP contribution is -2.52. The Bertz CT molecular complexity index is 366. The number of rotatable bonds is 2. The Morgan fingerprint density at radius 1 is 1.64 bits per heavy atom. The topological polar surface area (TPSA) is 49.1 Å². The first-order valence-corrected chi connectivity index (χ1v) is 4.47. The lowest BCUT2D eigenvalue weighted by atomic mass is 10.1. The van der Waals surface area contributed by atoms with Crippen molar-refractivity contribution >= 4 is 5.82 Å². The van der Waals surface area contributed by atoms with Gasteiger partial charge in [-0.25, -0.2) is 4.98 Å². The molecule has 2 heterocycles. The predicted octanol–water partition coefficient (Wildman–Crippen LogP) is 0.788. The average Bonchev–Trinajstić information content (AvgIpc) is 2.17. The Hall–Kier alpha value is -1.60. The lowest BCUT2D eigenvalue weighted by Gasteiger charge is -2.38. The minimum absolute atomic E-state index is 0.308. The molecule has 14 heavy (non-hydrogen) atoms. The third kappa shape index (κ3) is 1.54. The fraction of sp³-hybridized carbons (Fsp3) is 0.400. The number of pyridine rings is 1. The van der Waals surface area contributed by atoms with E-state index in [0.29, 0.717) is 11.7 Å². The Balaban J connectivity index is 2.08. The monoisotopic (exact) mass is 189 g/mol. The molecule has 0 bridgehead atoms. The van der Waals surface area contributed by atoms with Crippen molar-refractivity contribution in [3.8, 4) is 6.07 Å². The summed E-state index contributed by atoms with van der Waals surface area (Å²) in [6, 6.07) is 5.60. The Morgan fingerprint density at radius 3 is 3.07 bits per heavy atom. The van der Waals surface area contributed by atoms with Crippen LogP contribution in [0.25, 0.3) is 0 Å². The molecule has 0 aliphatic carbocycles. The molecule has 4 nitrogen and oxygen atoms in total. The van der Waals surface area contributed by atoms with Crippen LogP contribution in [0.5, 0.6) is 0 Å². The number of ether oxygens (including phenoxy) is 1. The zero-order valence-corrected chi connectivity index (χ0v) is 7.97. The number of aromatic nitrogens is 1. The molecule has 4 heteroatoms. The summed E-state index contributed by atoms with van der Waals surface area (Å²) in [4.78, 5) is 6.29. The quantitative estimate of drug-likeness (QED) is 0.690. The number of anilines is 1. The maximum atomic E-state index is 8.71. The van der Waals surface area contributed by atoms with E-state index in [2.05, 4.69) is 16.0 Å². The molecule has 1 aliphatic heterocycles. The zero-order valence-electron chi connectivity index (χ0n) is 7.97. The fourth-order valence-electron chi connectivity index (χ4n) is 1.44. The normalized spacial score (nSPS) is 16.1. The van der Waals surface area contributed by atoms with E-state index >= 15 is 0 Å². The first kappa shape index (κ1) is 8.97. The second-order valence-corrected chi connectivity index (χ2v) is 3.28. The van der Waals surface area contributed by atoms with E-state index in [-0.39, 0.29) is 0 Å². The van der Waals surface area contributed by atoms with Gasteiger partial charge in [-0.2, -0.15) is 5.26 Å². The van der Waals surface area contributed by atoms with Crippen LogP contribution < -0.4 is 4.90 Å². The Kier molecular flexibility index (Phi) is 2.33. The molecule has 72 valence electrons. The largest absolute Gasteiger partial charge is 0.378 e. The van der Waals surface area contributed by atoms with Crippen LogP contribution in [0.1, 0.15) is 5.56 Å². The summed E-state index contributed by atoms with van der Waals surface area (Å²) in [6.45, 7) is 1.72. The highest BCUT2D eigenvalue weighted by Gasteiger charge is 2.27. The smallest absolute Gasteiger partial charge is 0.129 e. The summed E-state index contributed by atoms with van der Waals surface area (Å²) < 4.78 is 5.16. The van der Waals surface area contributed by atoms with Gasteiger partial charge in [-0.3, -0.25) is 0 Å². The molecule has 1 aromatic heterocycles. The zero-order chi connectivity index (χ0) is 9.97. The maximum Gasteiger partial charge on any atom is 0.129 e. The molecule has 0 atom stereocenters. The molecule has 0 amide bonds. The fourth-order valence-corrected chi connectivity index (χ4v) is 1.44. The van der Waals surface area contributed by atoms with Gasteiger partial charge in [0.1, 0.15) is 5.82 Å². The molecule has 1 saturated heterocycles. The highest BCUT2D eigenvalue weighted by molar-refractivity contribution is 5.47. The van der Waals surface area contributed by atoms with Gasteiger partial charge >= 0.3 is 0 Å². The highest BCUT2D eigenvalue weighted by Crippen LogP contribution is 2.20.